The Labute approximate surface area is 62.3 Å². The molecular formula is C10H12. The van der Waals surface area contributed by atoms with E-state index in [-0.39, 0.29) is 0 Å². The third-order valence-electron chi connectivity index (χ3n) is 1.37. The number of hydrogen-bond acceptors (Lipinski definition) is 0. The van der Waals surface area contributed by atoms with Crippen LogP contribution in [-0.4, -0.2) is 0 Å². The van der Waals surface area contributed by atoms with E-state index in [1.807, 2.05) is 12.2 Å². The van der Waals surface area contributed by atoms with Crippen molar-refractivity contribution in [2.75, 3.05) is 0 Å². The van der Waals surface area contributed by atoms with Crippen LogP contribution >= 0.6 is 0 Å². The number of allylic oxidation sites excluding steroid dienone is 5. The van der Waals surface area contributed by atoms with Gasteiger partial charge in [0.1, 0.15) is 0 Å². The van der Waals surface area contributed by atoms with Gasteiger partial charge in [0.15, 0.2) is 0 Å². The Kier molecular flexibility index (Phi) is 3.44. The molecule has 0 bridgehead atoms. The van der Waals surface area contributed by atoms with Crippen LogP contribution in [0.5, 0.6) is 0 Å². The summed E-state index contributed by atoms with van der Waals surface area (Å²) in [7, 11) is 0. The summed E-state index contributed by atoms with van der Waals surface area (Å²) in [5.74, 6) is 0. The SMILES string of the molecule is C1=CC=CCCC=CCC=1. The van der Waals surface area contributed by atoms with Crippen LogP contribution in [0, 0.1) is 0 Å². The molecule has 0 fully saturated rings. The highest BCUT2D eigenvalue weighted by atomic mass is 13.8. The van der Waals surface area contributed by atoms with Gasteiger partial charge in [-0.1, -0.05) is 24.3 Å². The molecule has 0 unspecified atom stereocenters. The number of hydrogen-bond donors (Lipinski definition) is 0. The van der Waals surface area contributed by atoms with Crippen LogP contribution in [0.3, 0.4) is 0 Å². The zero-order chi connectivity index (χ0) is 7.07. The van der Waals surface area contributed by atoms with E-state index in [2.05, 4.69) is 30.0 Å². The predicted octanol–water partition coefficient (Wildman–Crippen LogP) is 2.99. The van der Waals surface area contributed by atoms with Gasteiger partial charge in [0.2, 0.25) is 0 Å². The zero-order valence-electron chi connectivity index (χ0n) is 6.09. The van der Waals surface area contributed by atoms with Gasteiger partial charge in [-0.05, 0) is 31.4 Å². The Morgan fingerprint density at radius 1 is 1.00 bits per heavy atom. The van der Waals surface area contributed by atoms with Crippen molar-refractivity contribution in [1.29, 1.82) is 0 Å². The van der Waals surface area contributed by atoms with Crippen LogP contribution in [0.15, 0.2) is 42.2 Å². The maximum atomic E-state index is 3.07. The van der Waals surface area contributed by atoms with Crippen molar-refractivity contribution < 1.29 is 0 Å². The Balaban J connectivity index is 2.54. The van der Waals surface area contributed by atoms with Crippen molar-refractivity contribution >= 4 is 0 Å². The Hall–Kier alpha value is -1.00. The lowest BCUT2D eigenvalue weighted by atomic mass is 10.2. The van der Waals surface area contributed by atoms with Gasteiger partial charge >= 0.3 is 0 Å². The first-order valence-electron chi connectivity index (χ1n) is 3.71. The molecule has 1 rings (SSSR count). The molecule has 0 saturated heterocycles. The highest BCUT2D eigenvalue weighted by molar-refractivity contribution is 5.05. The van der Waals surface area contributed by atoms with E-state index in [1.165, 1.54) is 0 Å². The van der Waals surface area contributed by atoms with Gasteiger partial charge in [-0.15, -0.1) is 5.73 Å². The molecule has 1 aliphatic carbocycles. The Bertz CT molecular complexity index is 188. The average molecular weight is 132 g/mol. The van der Waals surface area contributed by atoms with Crippen molar-refractivity contribution in [3.05, 3.63) is 42.2 Å². The van der Waals surface area contributed by atoms with Gasteiger partial charge in [0, 0.05) is 0 Å². The van der Waals surface area contributed by atoms with E-state index in [0.717, 1.165) is 19.3 Å². The summed E-state index contributed by atoms with van der Waals surface area (Å²) in [4.78, 5) is 0. The van der Waals surface area contributed by atoms with Crippen molar-refractivity contribution in [3.63, 3.8) is 0 Å². The topological polar surface area (TPSA) is 0 Å². The Morgan fingerprint density at radius 3 is 2.90 bits per heavy atom. The molecule has 52 valence electrons. The quantitative estimate of drug-likeness (QED) is 0.351. The monoisotopic (exact) mass is 132 g/mol. The second-order valence-corrected chi connectivity index (χ2v) is 2.25. The van der Waals surface area contributed by atoms with Crippen LogP contribution in [0.2, 0.25) is 0 Å². The standard InChI is InChI=1S/C10H12/c1-2-4-6-8-10-9-7-5-3-1/h1-3,7-8,10H,4,6,9H2. The van der Waals surface area contributed by atoms with E-state index < -0.39 is 0 Å². The second-order valence-electron chi connectivity index (χ2n) is 2.25. The normalized spacial score (nSPS) is 17.6. The second kappa shape index (κ2) is 4.84. The highest BCUT2D eigenvalue weighted by Gasteiger charge is 1.76. The first kappa shape index (κ1) is 7.11. The molecule has 0 aromatic heterocycles. The molecule has 0 aromatic carbocycles. The highest BCUT2D eigenvalue weighted by Crippen LogP contribution is 1.96. The van der Waals surface area contributed by atoms with E-state index in [0.29, 0.717) is 0 Å². The molecule has 0 amide bonds. The fraction of sp³-hybridized carbons (Fsp3) is 0.300. The zero-order valence-corrected chi connectivity index (χ0v) is 6.09. The van der Waals surface area contributed by atoms with Gasteiger partial charge in [0.25, 0.3) is 0 Å². The molecule has 0 heteroatoms. The van der Waals surface area contributed by atoms with E-state index in [9.17, 15) is 0 Å². The van der Waals surface area contributed by atoms with Crippen LogP contribution in [0.25, 0.3) is 0 Å². The van der Waals surface area contributed by atoms with Crippen LogP contribution < -0.4 is 0 Å². The minimum atomic E-state index is 1.02. The lowest BCUT2D eigenvalue weighted by Gasteiger charge is -1.86. The minimum Gasteiger partial charge on any atom is -0.125 e. The molecule has 0 heterocycles. The Morgan fingerprint density at radius 2 is 1.90 bits per heavy atom. The molecule has 0 N–H and O–H groups in total. The lowest BCUT2D eigenvalue weighted by Crippen LogP contribution is -1.65. The van der Waals surface area contributed by atoms with Crippen molar-refractivity contribution in [2.24, 2.45) is 0 Å². The summed E-state index contributed by atoms with van der Waals surface area (Å²) in [6.45, 7) is 0. The van der Waals surface area contributed by atoms with E-state index in [1.54, 1.807) is 0 Å². The molecule has 0 nitrogen and oxygen atoms in total. The molecule has 0 aliphatic heterocycles. The first-order chi connectivity index (χ1) is 5.00. The molecule has 0 atom stereocenters. The summed E-state index contributed by atoms with van der Waals surface area (Å²) in [5.41, 5.74) is 3.07. The summed E-state index contributed by atoms with van der Waals surface area (Å²) < 4.78 is 0. The average Bonchev–Trinajstić information content (AvgIpc) is 2.01. The van der Waals surface area contributed by atoms with Gasteiger partial charge in [-0.25, -0.2) is 0 Å². The molecule has 10 heavy (non-hydrogen) atoms. The first-order valence-corrected chi connectivity index (χ1v) is 3.71. The van der Waals surface area contributed by atoms with E-state index >= 15 is 0 Å². The molecule has 1 aliphatic rings. The summed E-state index contributed by atoms with van der Waals surface area (Å²) in [6.07, 6.45) is 15.9. The van der Waals surface area contributed by atoms with Gasteiger partial charge < -0.3 is 0 Å². The fourth-order valence-corrected chi connectivity index (χ4v) is 0.830. The minimum absolute atomic E-state index is 1.02. The molecular weight excluding hydrogens is 120 g/mol. The van der Waals surface area contributed by atoms with Crippen LogP contribution in [-0.2, 0) is 0 Å². The van der Waals surface area contributed by atoms with Crippen LogP contribution in [0.1, 0.15) is 19.3 Å². The van der Waals surface area contributed by atoms with Gasteiger partial charge in [0.05, 0.1) is 0 Å². The third-order valence-corrected chi connectivity index (χ3v) is 1.37. The summed E-state index contributed by atoms with van der Waals surface area (Å²) in [5, 5.41) is 0. The van der Waals surface area contributed by atoms with Gasteiger partial charge in [-0.2, -0.15) is 0 Å². The van der Waals surface area contributed by atoms with Crippen molar-refractivity contribution in [2.45, 2.75) is 19.3 Å². The van der Waals surface area contributed by atoms with Gasteiger partial charge in [-0.3, -0.25) is 0 Å². The summed E-state index contributed by atoms with van der Waals surface area (Å²) >= 11 is 0. The fourth-order valence-electron chi connectivity index (χ4n) is 0.830. The van der Waals surface area contributed by atoms with Crippen LogP contribution in [0.4, 0.5) is 0 Å². The largest absolute Gasteiger partial charge is 0.125 e. The van der Waals surface area contributed by atoms with Crippen molar-refractivity contribution in [3.8, 4) is 0 Å². The van der Waals surface area contributed by atoms with E-state index in [4.69, 9.17) is 0 Å². The maximum absolute atomic E-state index is 3.07. The molecule has 0 spiro atoms. The van der Waals surface area contributed by atoms with Crippen molar-refractivity contribution in [1.82, 2.24) is 0 Å². The molecule has 0 radical (unpaired) electrons. The lowest BCUT2D eigenvalue weighted by molar-refractivity contribution is 1.04. The summed E-state index contributed by atoms with van der Waals surface area (Å²) in [6, 6.07) is 0. The predicted molar refractivity (Wildman–Crippen MR) is 44.8 cm³/mol. The third kappa shape index (κ3) is 3.11. The maximum Gasteiger partial charge on any atom is -0.00929 e. The molecule has 0 aromatic rings. The molecule has 0 saturated carbocycles. The number of rotatable bonds is 0. The smallest absolute Gasteiger partial charge is 0.00929 e.